The molecule has 3 nitrogen and oxygen atoms in total. The van der Waals surface area contributed by atoms with Gasteiger partial charge in [0.15, 0.2) is 5.78 Å². The number of aromatic carboxylic acids is 1. The highest BCUT2D eigenvalue weighted by Gasteiger charge is 2.43. The Morgan fingerprint density at radius 1 is 0.818 bits per heavy atom. The minimum Gasteiger partial charge on any atom is -0.478 e. The maximum absolute atomic E-state index is 13.2. The smallest absolute Gasteiger partial charge is 0.336 e. The van der Waals surface area contributed by atoms with Crippen LogP contribution in [0.1, 0.15) is 52.0 Å². The number of hydrogen-bond donors (Lipinski definition) is 1. The zero-order chi connectivity index (χ0) is 15.6. The molecule has 112 valence electrons. The van der Waals surface area contributed by atoms with Gasteiger partial charge in [0.2, 0.25) is 0 Å². The summed E-state index contributed by atoms with van der Waals surface area (Å²) in [6.45, 7) is 0. The first-order valence-corrected chi connectivity index (χ1v) is 7.58. The van der Waals surface area contributed by atoms with Crippen LogP contribution in [0.3, 0.4) is 0 Å². The monoisotopic (exact) mass is 294 g/mol. The maximum Gasteiger partial charge on any atom is 0.336 e. The second-order valence-corrected chi connectivity index (χ2v) is 5.84. The van der Waals surface area contributed by atoms with Gasteiger partial charge in [-0.3, -0.25) is 4.79 Å². The molecule has 0 unspecified atom stereocenters. The number of ketones is 1. The van der Waals surface area contributed by atoms with Crippen LogP contribution in [0.2, 0.25) is 0 Å². The summed E-state index contributed by atoms with van der Waals surface area (Å²) in [7, 11) is 0. The minimum absolute atomic E-state index is 0.0609. The number of hydrogen-bond acceptors (Lipinski definition) is 2. The summed E-state index contributed by atoms with van der Waals surface area (Å²) in [5, 5.41) is 9.36. The first-order chi connectivity index (χ1) is 10.6. The van der Waals surface area contributed by atoms with Crippen LogP contribution in [0.4, 0.5) is 0 Å². The predicted octanol–water partition coefficient (Wildman–Crippen LogP) is 4.08. The molecule has 1 saturated carbocycles. The van der Waals surface area contributed by atoms with Crippen molar-refractivity contribution in [2.75, 3.05) is 0 Å². The van der Waals surface area contributed by atoms with Crippen LogP contribution in [0.25, 0.3) is 0 Å². The number of Topliss-reactive ketones (excluding diaryl/α,β-unsaturated/α-hetero) is 1. The molecule has 22 heavy (non-hydrogen) atoms. The van der Waals surface area contributed by atoms with Crippen LogP contribution in [0.15, 0.2) is 54.6 Å². The van der Waals surface area contributed by atoms with E-state index in [0.29, 0.717) is 5.56 Å². The Bertz CT molecular complexity index is 698. The first-order valence-electron chi connectivity index (χ1n) is 7.58. The average Bonchev–Trinajstić information content (AvgIpc) is 3.06. The normalized spacial score (nSPS) is 16.4. The molecule has 1 aliphatic rings. The van der Waals surface area contributed by atoms with Crippen molar-refractivity contribution in [1.29, 1.82) is 0 Å². The van der Waals surface area contributed by atoms with Gasteiger partial charge in [-0.05, 0) is 24.5 Å². The summed E-state index contributed by atoms with van der Waals surface area (Å²) < 4.78 is 0. The molecule has 2 aromatic rings. The van der Waals surface area contributed by atoms with E-state index in [9.17, 15) is 14.7 Å². The Hall–Kier alpha value is -2.42. The Balaban J connectivity index is 2.11. The van der Waals surface area contributed by atoms with E-state index in [2.05, 4.69) is 0 Å². The van der Waals surface area contributed by atoms with Crippen LogP contribution in [-0.2, 0) is 5.41 Å². The third-order valence-corrected chi connectivity index (χ3v) is 4.62. The number of benzene rings is 2. The fourth-order valence-corrected chi connectivity index (χ4v) is 3.51. The summed E-state index contributed by atoms with van der Waals surface area (Å²) in [6, 6.07) is 16.3. The van der Waals surface area contributed by atoms with Crippen LogP contribution < -0.4 is 0 Å². The van der Waals surface area contributed by atoms with E-state index in [1.165, 1.54) is 6.07 Å². The molecule has 3 rings (SSSR count). The predicted molar refractivity (Wildman–Crippen MR) is 84.3 cm³/mol. The van der Waals surface area contributed by atoms with Crippen molar-refractivity contribution in [2.45, 2.75) is 31.1 Å². The second kappa shape index (κ2) is 5.76. The van der Waals surface area contributed by atoms with Crippen LogP contribution >= 0.6 is 0 Å². The average molecular weight is 294 g/mol. The molecule has 0 spiro atoms. The molecule has 2 aromatic carbocycles. The van der Waals surface area contributed by atoms with Gasteiger partial charge in [-0.1, -0.05) is 61.4 Å². The number of rotatable bonds is 4. The van der Waals surface area contributed by atoms with Crippen molar-refractivity contribution in [2.24, 2.45) is 0 Å². The number of carbonyl (C=O) groups excluding carboxylic acids is 1. The van der Waals surface area contributed by atoms with E-state index in [1.54, 1.807) is 18.2 Å². The summed E-state index contributed by atoms with van der Waals surface area (Å²) >= 11 is 0. The number of carboxylic acids is 1. The topological polar surface area (TPSA) is 54.4 Å². The van der Waals surface area contributed by atoms with Gasteiger partial charge < -0.3 is 5.11 Å². The van der Waals surface area contributed by atoms with Gasteiger partial charge in [-0.25, -0.2) is 4.79 Å². The lowest BCUT2D eigenvalue weighted by atomic mass is 9.72. The Morgan fingerprint density at radius 3 is 1.95 bits per heavy atom. The highest BCUT2D eigenvalue weighted by atomic mass is 16.4. The molecule has 1 aliphatic carbocycles. The van der Waals surface area contributed by atoms with Gasteiger partial charge in [0.1, 0.15) is 0 Å². The van der Waals surface area contributed by atoms with E-state index < -0.39 is 11.4 Å². The van der Waals surface area contributed by atoms with Crippen molar-refractivity contribution < 1.29 is 14.7 Å². The Labute approximate surface area is 129 Å². The van der Waals surface area contributed by atoms with Crippen LogP contribution in [0, 0.1) is 0 Å². The third-order valence-electron chi connectivity index (χ3n) is 4.62. The molecule has 0 amide bonds. The summed E-state index contributed by atoms with van der Waals surface area (Å²) in [5.74, 6) is -1.11. The van der Waals surface area contributed by atoms with Crippen LogP contribution in [0.5, 0.6) is 0 Å². The number of carboxylic acid groups (broad SMARTS) is 1. The second-order valence-electron chi connectivity index (χ2n) is 5.84. The van der Waals surface area contributed by atoms with E-state index in [0.717, 1.165) is 31.2 Å². The fourth-order valence-electron chi connectivity index (χ4n) is 3.51. The molecule has 0 atom stereocenters. The molecule has 3 heteroatoms. The van der Waals surface area contributed by atoms with Gasteiger partial charge in [-0.2, -0.15) is 0 Å². The Morgan fingerprint density at radius 2 is 1.36 bits per heavy atom. The molecular weight excluding hydrogens is 276 g/mol. The first kappa shape index (κ1) is 14.5. The maximum atomic E-state index is 13.2. The summed E-state index contributed by atoms with van der Waals surface area (Å²) in [6.07, 6.45) is 3.55. The molecule has 0 heterocycles. The van der Waals surface area contributed by atoms with Gasteiger partial charge in [0, 0.05) is 5.56 Å². The summed E-state index contributed by atoms with van der Waals surface area (Å²) in [5.41, 5.74) is 0.834. The molecule has 0 bridgehead atoms. The van der Waals surface area contributed by atoms with Crippen molar-refractivity contribution in [1.82, 2.24) is 0 Å². The van der Waals surface area contributed by atoms with Crippen molar-refractivity contribution in [3.63, 3.8) is 0 Å². The third kappa shape index (κ3) is 2.33. The molecular formula is C19H18O3. The van der Waals surface area contributed by atoms with Crippen molar-refractivity contribution >= 4 is 11.8 Å². The highest BCUT2D eigenvalue weighted by Crippen LogP contribution is 2.43. The van der Waals surface area contributed by atoms with Gasteiger partial charge in [0.05, 0.1) is 11.0 Å². The lowest BCUT2D eigenvalue weighted by molar-refractivity contribution is 0.0689. The van der Waals surface area contributed by atoms with Crippen molar-refractivity contribution in [3.05, 3.63) is 71.3 Å². The Kier molecular flexibility index (Phi) is 3.80. The quantitative estimate of drug-likeness (QED) is 0.864. The molecule has 0 radical (unpaired) electrons. The lowest BCUT2D eigenvalue weighted by Gasteiger charge is -2.28. The van der Waals surface area contributed by atoms with Crippen LogP contribution in [-0.4, -0.2) is 16.9 Å². The van der Waals surface area contributed by atoms with E-state index in [-0.39, 0.29) is 11.3 Å². The van der Waals surface area contributed by atoms with Gasteiger partial charge >= 0.3 is 5.97 Å². The molecule has 0 saturated heterocycles. The zero-order valence-corrected chi connectivity index (χ0v) is 12.3. The highest BCUT2D eigenvalue weighted by molar-refractivity contribution is 6.10. The van der Waals surface area contributed by atoms with E-state index in [1.807, 2.05) is 30.3 Å². The fraction of sp³-hybridized carbons (Fsp3) is 0.263. The van der Waals surface area contributed by atoms with E-state index >= 15 is 0 Å². The largest absolute Gasteiger partial charge is 0.478 e. The number of carbonyl (C=O) groups is 2. The lowest BCUT2D eigenvalue weighted by Crippen LogP contribution is -2.34. The zero-order valence-electron chi connectivity index (χ0n) is 12.3. The van der Waals surface area contributed by atoms with Gasteiger partial charge in [0.25, 0.3) is 0 Å². The molecule has 0 aromatic heterocycles. The van der Waals surface area contributed by atoms with Gasteiger partial charge in [-0.15, -0.1) is 0 Å². The minimum atomic E-state index is -1.05. The van der Waals surface area contributed by atoms with E-state index in [4.69, 9.17) is 0 Å². The van der Waals surface area contributed by atoms with Crippen molar-refractivity contribution in [3.8, 4) is 0 Å². The molecule has 0 aliphatic heterocycles. The molecule has 1 N–H and O–H groups in total. The molecule has 1 fully saturated rings. The summed E-state index contributed by atoms with van der Waals surface area (Å²) in [4.78, 5) is 24.7. The SMILES string of the molecule is O=C(O)c1ccccc1C(=O)C1(c2ccccc2)CCCC1. The standard InChI is InChI=1S/C19H18O3/c20-17(15-10-4-5-11-16(15)18(21)22)19(12-6-7-13-19)14-8-2-1-3-9-14/h1-5,8-11H,6-7,12-13H2,(H,21,22).